The van der Waals surface area contributed by atoms with Gasteiger partial charge in [-0.25, -0.2) is 4.79 Å². The fourth-order valence-electron chi connectivity index (χ4n) is 8.43. The summed E-state index contributed by atoms with van der Waals surface area (Å²) >= 11 is 1.60. The van der Waals surface area contributed by atoms with Gasteiger partial charge in [0.1, 0.15) is 16.1 Å². The maximum Gasteiger partial charge on any atom is 0.338 e. The minimum absolute atomic E-state index is 0.0911. The van der Waals surface area contributed by atoms with Crippen molar-refractivity contribution in [3.05, 3.63) is 69.4 Å². The molecule has 268 valence electrons. The summed E-state index contributed by atoms with van der Waals surface area (Å²) in [5, 5.41) is 0. The zero-order chi connectivity index (χ0) is 37.7. The number of hydrogen-bond donors (Lipinski definition) is 0. The van der Waals surface area contributed by atoms with Crippen molar-refractivity contribution in [2.75, 3.05) is 21.2 Å². The third kappa shape index (κ3) is 7.76. The number of thiophene rings is 1. The molecular formula is C43H59NO3SSi2. The molecule has 7 heteroatoms. The molecule has 0 aliphatic carbocycles. The van der Waals surface area contributed by atoms with Gasteiger partial charge in [-0.05, 0) is 56.5 Å². The van der Waals surface area contributed by atoms with Crippen molar-refractivity contribution in [3.8, 4) is 45.2 Å². The predicted molar refractivity (Wildman–Crippen MR) is 220 cm³/mol. The van der Waals surface area contributed by atoms with Gasteiger partial charge in [0.25, 0.3) is 5.91 Å². The molecule has 0 aliphatic rings. The molecule has 0 fully saturated rings. The molecule has 50 heavy (non-hydrogen) atoms. The number of amides is 1. The lowest BCUT2D eigenvalue weighted by atomic mass is 9.89. The van der Waals surface area contributed by atoms with Crippen molar-refractivity contribution in [3.63, 3.8) is 0 Å². The highest BCUT2D eigenvalue weighted by Gasteiger charge is 2.43. The van der Waals surface area contributed by atoms with E-state index >= 15 is 0 Å². The minimum Gasteiger partial charge on any atom is -0.465 e. The number of esters is 1. The fraction of sp³-hybridized carbons (Fsp3) is 0.488. The Morgan fingerprint density at radius 1 is 0.600 bits per heavy atom. The topological polar surface area (TPSA) is 46.6 Å². The van der Waals surface area contributed by atoms with Crippen molar-refractivity contribution in [1.29, 1.82) is 0 Å². The van der Waals surface area contributed by atoms with E-state index in [4.69, 9.17) is 4.74 Å². The lowest BCUT2D eigenvalue weighted by Crippen LogP contribution is -2.43. The van der Waals surface area contributed by atoms with Gasteiger partial charge in [-0.3, -0.25) is 4.79 Å². The number of carbonyl (C=O) groups is 2. The van der Waals surface area contributed by atoms with Gasteiger partial charge < -0.3 is 9.64 Å². The van der Waals surface area contributed by atoms with Gasteiger partial charge in [-0.15, -0.1) is 22.4 Å². The molecule has 4 nitrogen and oxygen atoms in total. The van der Waals surface area contributed by atoms with Crippen molar-refractivity contribution in [2.45, 2.75) is 116 Å². The third-order valence-corrected chi connectivity index (χ3v) is 24.5. The van der Waals surface area contributed by atoms with Crippen molar-refractivity contribution in [2.24, 2.45) is 0 Å². The summed E-state index contributed by atoms with van der Waals surface area (Å²) in [4.78, 5) is 30.5. The molecule has 0 atom stereocenters. The first-order chi connectivity index (χ1) is 23.4. The fourth-order valence-corrected chi connectivity index (χ4v) is 20.1. The largest absolute Gasteiger partial charge is 0.465 e. The second-order valence-corrected chi connectivity index (χ2v) is 27.8. The Labute approximate surface area is 309 Å². The molecule has 0 aliphatic heterocycles. The highest BCUT2D eigenvalue weighted by atomic mass is 32.1. The van der Waals surface area contributed by atoms with Gasteiger partial charge in [-0.1, -0.05) is 131 Å². The van der Waals surface area contributed by atoms with Crippen LogP contribution < -0.4 is 0 Å². The molecule has 0 unspecified atom stereocenters. The van der Waals surface area contributed by atoms with Crippen LogP contribution in [-0.2, 0) is 4.74 Å². The van der Waals surface area contributed by atoms with E-state index in [9.17, 15) is 9.59 Å². The quantitative estimate of drug-likeness (QED) is 0.119. The molecule has 1 amide bonds. The average Bonchev–Trinajstić information content (AvgIpc) is 3.41. The van der Waals surface area contributed by atoms with Crippen LogP contribution in [0.15, 0.2) is 48.5 Å². The maximum absolute atomic E-state index is 13.8. The van der Waals surface area contributed by atoms with E-state index in [0.29, 0.717) is 44.4 Å². The Hall–Kier alpha value is -3.37. The monoisotopic (exact) mass is 725 g/mol. The van der Waals surface area contributed by atoms with Gasteiger partial charge in [-0.2, -0.15) is 0 Å². The normalized spacial score (nSPS) is 12.0. The number of rotatable bonds is 10. The first-order valence-electron chi connectivity index (χ1n) is 18.1. The smallest absolute Gasteiger partial charge is 0.338 e. The van der Waals surface area contributed by atoms with Crippen molar-refractivity contribution >= 4 is 39.4 Å². The molecule has 2 aromatic carbocycles. The van der Waals surface area contributed by atoms with Crippen molar-refractivity contribution < 1.29 is 14.3 Å². The Balaban J connectivity index is 2.72. The Bertz CT molecular complexity index is 1760. The molecular weight excluding hydrogens is 667 g/mol. The van der Waals surface area contributed by atoms with Gasteiger partial charge in [0.05, 0.1) is 22.4 Å². The standard InChI is InChI=1S/C43H59NO3SSi2/c1-28(2)49(29(3)4,30(5)6)26-24-38-40(34-20-16-18-22-36(34)42(45)44(13)14)41(35-21-17-19-23-37(35)43(46)47-15)39(48-38)25-27-50(31(7)8,32(9)10)33(11)12/h16-23,28-33H,1-15H3. The molecule has 3 aromatic rings. The summed E-state index contributed by atoms with van der Waals surface area (Å²) in [5.74, 6) is 7.05. The molecule has 0 bridgehead atoms. The Morgan fingerprint density at radius 3 is 1.28 bits per heavy atom. The molecule has 0 N–H and O–H groups in total. The zero-order valence-electron chi connectivity index (χ0n) is 33.2. The lowest BCUT2D eigenvalue weighted by molar-refractivity contribution is 0.0601. The van der Waals surface area contributed by atoms with Crippen LogP contribution in [0.1, 0.15) is 114 Å². The maximum atomic E-state index is 13.8. The summed E-state index contributed by atoms with van der Waals surface area (Å²) in [6.45, 7) is 27.9. The molecule has 1 heterocycles. The molecule has 0 saturated carbocycles. The first-order valence-corrected chi connectivity index (χ1v) is 23.4. The van der Waals surface area contributed by atoms with E-state index in [1.54, 1.807) is 30.3 Å². The van der Waals surface area contributed by atoms with Crippen LogP contribution in [0.5, 0.6) is 0 Å². The summed E-state index contributed by atoms with van der Waals surface area (Å²) in [5.41, 5.74) is 14.9. The van der Waals surface area contributed by atoms with Crippen LogP contribution in [-0.4, -0.2) is 54.1 Å². The highest BCUT2D eigenvalue weighted by molar-refractivity contribution is 7.14. The van der Waals surface area contributed by atoms with Gasteiger partial charge in [0, 0.05) is 30.8 Å². The van der Waals surface area contributed by atoms with Crippen LogP contribution in [0.4, 0.5) is 0 Å². The molecule has 3 rings (SSSR count). The van der Waals surface area contributed by atoms with E-state index in [1.807, 2.05) is 48.5 Å². The number of methoxy groups -OCH3 is 1. The van der Waals surface area contributed by atoms with E-state index in [1.165, 1.54) is 7.11 Å². The van der Waals surface area contributed by atoms with E-state index in [0.717, 1.165) is 32.0 Å². The number of ether oxygens (including phenoxy) is 1. The van der Waals surface area contributed by atoms with Crippen LogP contribution in [0, 0.1) is 22.9 Å². The number of hydrogen-bond acceptors (Lipinski definition) is 4. The Kier molecular flexibility index (Phi) is 13.8. The molecule has 0 saturated heterocycles. The number of benzene rings is 2. The SMILES string of the molecule is COC(=O)c1ccccc1-c1c(C#C[Si](C(C)C)(C(C)C)C(C)C)sc(C#C[Si](C(C)C)(C(C)C)C(C)C)c1-c1ccccc1C(=O)N(C)C. The zero-order valence-corrected chi connectivity index (χ0v) is 36.0. The highest BCUT2D eigenvalue weighted by Crippen LogP contribution is 2.47. The summed E-state index contributed by atoms with van der Waals surface area (Å²) in [6.07, 6.45) is 0. The van der Waals surface area contributed by atoms with Gasteiger partial charge >= 0.3 is 5.97 Å². The van der Waals surface area contributed by atoms with E-state index < -0.39 is 22.1 Å². The van der Waals surface area contributed by atoms with Crippen LogP contribution >= 0.6 is 11.3 Å². The lowest BCUT2D eigenvalue weighted by Gasteiger charge is -2.38. The van der Waals surface area contributed by atoms with Gasteiger partial charge in [0.15, 0.2) is 0 Å². The Morgan fingerprint density at radius 2 is 0.940 bits per heavy atom. The number of nitrogens with zero attached hydrogens (tertiary/aromatic N) is 1. The van der Waals surface area contributed by atoms with Crippen LogP contribution in [0.3, 0.4) is 0 Å². The van der Waals surface area contributed by atoms with Crippen LogP contribution in [0.25, 0.3) is 22.3 Å². The number of carbonyl (C=O) groups excluding carboxylic acids is 2. The minimum atomic E-state index is -2.14. The van der Waals surface area contributed by atoms with Crippen LogP contribution in [0.2, 0.25) is 33.2 Å². The second-order valence-electron chi connectivity index (χ2n) is 15.6. The van der Waals surface area contributed by atoms with Gasteiger partial charge in [0.2, 0.25) is 0 Å². The van der Waals surface area contributed by atoms with Crippen molar-refractivity contribution in [1.82, 2.24) is 4.90 Å². The molecule has 1 aromatic heterocycles. The van der Waals surface area contributed by atoms with E-state index in [2.05, 4.69) is 106 Å². The molecule has 0 spiro atoms. The van der Waals surface area contributed by atoms with E-state index in [-0.39, 0.29) is 5.91 Å². The summed E-state index contributed by atoms with van der Waals surface area (Å²) in [7, 11) is 0.697. The average molecular weight is 726 g/mol. The third-order valence-electron chi connectivity index (χ3n) is 10.9. The second kappa shape index (κ2) is 16.8. The summed E-state index contributed by atoms with van der Waals surface area (Å²) < 4.78 is 5.32. The first kappa shape index (κ1) is 41.1. The molecule has 0 radical (unpaired) electrons. The summed E-state index contributed by atoms with van der Waals surface area (Å²) in [6, 6.07) is 15.4. The predicted octanol–water partition coefficient (Wildman–Crippen LogP) is 11.7.